The highest BCUT2D eigenvalue weighted by Crippen LogP contribution is 2.40. The van der Waals surface area contributed by atoms with Crippen LogP contribution in [-0.4, -0.2) is 57.4 Å². The summed E-state index contributed by atoms with van der Waals surface area (Å²) in [5, 5.41) is 10.7. The Morgan fingerprint density at radius 1 is 0.674 bits per heavy atom. The number of nitrogens with zero attached hydrogens (tertiary/aromatic N) is 2. The van der Waals surface area contributed by atoms with E-state index >= 15 is 0 Å². The molecule has 43 heavy (non-hydrogen) atoms. The van der Waals surface area contributed by atoms with Gasteiger partial charge in [-0.2, -0.15) is 0 Å². The Hall–Kier alpha value is -4.71. The van der Waals surface area contributed by atoms with Gasteiger partial charge in [0.05, 0.1) is 17.9 Å². The molecule has 2 fully saturated rings. The Morgan fingerprint density at radius 2 is 1.19 bits per heavy atom. The van der Waals surface area contributed by atoms with Gasteiger partial charge in [0.1, 0.15) is 6.04 Å². The lowest BCUT2D eigenvalue weighted by Crippen LogP contribution is -2.70. The van der Waals surface area contributed by atoms with Gasteiger partial charge in [0, 0.05) is 12.6 Å². The van der Waals surface area contributed by atoms with Crippen LogP contribution >= 0.6 is 0 Å². The van der Waals surface area contributed by atoms with Gasteiger partial charge in [-0.25, -0.2) is 4.79 Å². The summed E-state index contributed by atoms with van der Waals surface area (Å²) in [5.41, 5.74) is 4.39. The second kappa shape index (κ2) is 12.3. The number of carboxylic acids is 1. The van der Waals surface area contributed by atoms with E-state index in [2.05, 4.69) is 0 Å². The highest BCUT2D eigenvalue weighted by Gasteiger charge is 2.52. The predicted molar refractivity (Wildman–Crippen MR) is 166 cm³/mol. The summed E-state index contributed by atoms with van der Waals surface area (Å²) in [6, 6.07) is 34.7. The third kappa shape index (κ3) is 5.45. The summed E-state index contributed by atoms with van der Waals surface area (Å²) in [4.78, 5) is 45.7. The fourth-order valence-electron chi connectivity index (χ4n) is 7.11. The number of piperazine rings is 1. The van der Waals surface area contributed by atoms with Crippen LogP contribution in [0.15, 0.2) is 115 Å². The summed E-state index contributed by atoms with van der Waals surface area (Å²) in [5.74, 6) is -2.63. The normalized spacial score (nSPS) is 20.5. The Bertz CT molecular complexity index is 1550. The minimum absolute atomic E-state index is 0.107. The first-order valence-electron chi connectivity index (χ1n) is 15.0. The molecule has 1 N–H and O–H groups in total. The monoisotopic (exact) mass is 572 g/mol. The molecule has 2 bridgehead atoms. The molecule has 6 nitrogen and oxygen atoms in total. The predicted octanol–water partition coefficient (Wildman–Crippen LogP) is 6.00. The summed E-state index contributed by atoms with van der Waals surface area (Å²) in [6.07, 6.45) is 2.06. The number of carbonyl (C=O) groups is 3. The highest BCUT2D eigenvalue weighted by atomic mass is 16.4. The Balaban J connectivity index is 1.40. The molecule has 4 atom stereocenters. The van der Waals surface area contributed by atoms with Crippen molar-refractivity contribution < 1.29 is 19.5 Å². The number of rotatable bonds is 7. The molecule has 2 heterocycles. The first-order chi connectivity index (χ1) is 21.0. The van der Waals surface area contributed by atoms with Crippen molar-refractivity contribution in [3.63, 3.8) is 0 Å². The number of aryl methyl sites for hydroxylation is 1. The molecule has 0 spiro atoms. The SMILES string of the molecule is Cc1ccccc1C(C(=O)N1C[C@@H]2CCC[C@H]([C@H]1C(=O)O)N2C(=O)C(c1ccccc1)c1ccccc1)c1ccccc1. The molecule has 218 valence electrons. The Morgan fingerprint density at radius 3 is 1.72 bits per heavy atom. The van der Waals surface area contributed by atoms with Crippen LogP contribution in [0.5, 0.6) is 0 Å². The lowest BCUT2D eigenvalue weighted by molar-refractivity contribution is -0.168. The van der Waals surface area contributed by atoms with Crippen molar-refractivity contribution in [1.29, 1.82) is 0 Å². The number of carbonyl (C=O) groups excluding carboxylic acids is 2. The van der Waals surface area contributed by atoms with E-state index in [4.69, 9.17) is 0 Å². The zero-order valence-electron chi connectivity index (χ0n) is 24.3. The van der Waals surface area contributed by atoms with Crippen molar-refractivity contribution in [2.24, 2.45) is 0 Å². The van der Waals surface area contributed by atoms with E-state index in [1.165, 1.54) is 0 Å². The number of aliphatic carboxylic acids is 1. The molecular formula is C37H36N2O4. The number of fused-ring (bicyclic) bond motifs is 2. The van der Waals surface area contributed by atoms with Gasteiger partial charge >= 0.3 is 5.97 Å². The molecule has 0 saturated carbocycles. The minimum Gasteiger partial charge on any atom is -0.480 e. The van der Waals surface area contributed by atoms with Crippen LogP contribution in [-0.2, 0) is 14.4 Å². The average molecular weight is 573 g/mol. The van der Waals surface area contributed by atoms with Crippen LogP contribution in [0.25, 0.3) is 0 Å². The second-order valence-electron chi connectivity index (χ2n) is 11.6. The molecule has 2 amide bonds. The van der Waals surface area contributed by atoms with Crippen molar-refractivity contribution in [3.05, 3.63) is 143 Å². The van der Waals surface area contributed by atoms with E-state index in [0.29, 0.717) is 6.42 Å². The van der Waals surface area contributed by atoms with Gasteiger partial charge in [-0.15, -0.1) is 0 Å². The lowest BCUT2D eigenvalue weighted by atomic mass is 9.80. The van der Waals surface area contributed by atoms with Crippen molar-refractivity contribution in [1.82, 2.24) is 9.80 Å². The summed E-state index contributed by atoms with van der Waals surface area (Å²) < 4.78 is 0. The van der Waals surface area contributed by atoms with Crippen molar-refractivity contribution >= 4 is 17.8 Å². The summed E-state index contributed by atoms with van der Waals surface area (Å²) >= 11 is 0. The second-order valence-corrected chi connectivity index (χ2v) is 11.6. The molecule has 4 aromatic rings. The van der Waals surface area contributed by atoms with Crippen molar-refractivity contribution in [2.75, 3.05) is 6.54 Å². The first kappa shape index (κ1) is 28.4. The van der Waals surface area contributed by atoms with Gasteiger partial charge in [0.25, 0.3) is 0 Å². The zero-order valence-corrected chi connectivity index (χ0v) is 24.3. The van der Waals surface area contributed by atoms with Gasteiger partial charge in [-0.1, -0.05) is 115 Å². The molecule has 2 saturated heterocycles. The number of amides is 2. The molecule has 0 radical (unpaired) electrons. The third-order valence-electron chi connectivity index (χ3n) is 9.08. The van der Waals surface area contributed by atoms with Crippen LogP contribution < -0.4 is 0 Å². The molecule has 2 aliphatic heterocycles. The molecule has 0 aliphatic carbocycles. The summed E-state index contributed by atoms with van der Waals surface area (Å²) in [6.45, 7) is 2.16. The van der Waals surface area contributed by atoms with E-state index in [9.17, 15) is 19.5 Å². The highest BCUT2D eigenvalue weighted by molar-refractivity contribution is 5.93. The smallest absolute Gasteiger partial charge is 0.328 e. The largest absolute Gasteiger partial charge is 0.480 e. The van der Waals surface area contributed by atoms with Crippen LogP contribution in [0, 0.1) is 6.92 Å². The van der Waals surface area contributed by atoms with Gasteiger partial charge < -0.3 is 14.9 Å². The number of piperidine rings is 1. The van der Waals surface area contributed by atoms with Gasteiger partial charge in [0.2, 0.25) is 11.8 Å². The standard InChI is InChI=1S/C37H36N2O4/c1-25-14-11-12-22-30(25)33(28-19-9-4-10-20-28)35(40)38-24-29-21-13-23-31(34(38)37(42)43)39(29)36(41)32(26-15-5-2-6-16-26)27-17-7-3-8-18-27/h2-12,14-20,22,29,31-34H,13,21,23-24H2,1H3,(H,42,43)/t29-,31+,33?,34-/m0/s1. The van der Waals surface area contributed by atoms with Crippen molar-refractivity contribution in [2.45, 2.75) is 56.1 Å². The number of likely N-dealkylation sites (tertiary alicyclic amines) is 1. The molecule has 4 aromatic carbocycles. The maximum absolute atomic E-state index is 14.6. The average Bonchev–Trinajstić information content (AvgIpc) is 3.03. The summed E-state index contributed by atoms with van der Waals surface area (Å²) in [7, 11) is 0. The van der Waals surface area contributed by atoms with Gasteiger partial charge in [0.15, 0.2) is 0 Å². The lowest BCUT2D eigenvalue weighted by Gasteiger charge is -2.54. The van der Waals surface area contributed by atoms with E-state index in [1.54, 1.807) is 4.90 Å². The van der Waals surface area contributed by atoms with Crippen LogP contribution in [0.2, 0.25) is 0 Å². The maximum atomic E-state index is 14.6. The van der Waals surface area contributed by atoms with Crippen LogP contribution in [0.1, 0.15) is 58.9 Å². The number of hydrogen-bond donors (Lipinski definition) is 1. The van der Waals surface area contributed by atoms with Crippen molar-refractivity contribution in [3.8, 4) is 0 Å². The molecular weight excluding hydrogens is 536 g/mol. The van der Waals surface area contributed by atoms with E-state index < -0.39 is 29.9 Å². The van der Waals surface area contributed by atoms with Crippen LogP contribution in [0.3, 0.4) is 0 Å². The number of hydrogen-bond acceptors (Lipinski definition) is 3. The van der Waals surface area contributed by atoms with E-state index in [-0.39, 0.29) is 24.4 Å². The van der Waals surface area contributed by atoms with Gasteiger partial charge in [-0.05, 0) is 54.0 Å². The molecule has 1 unspecified atom stereocenters. The number of carboxylic acid groups (broad SMARTS) is 1. The van der Waals surface area contributed by atoms with E-state index in [0.717, 1.165) is 40.7 Å². The number of benzene rings is 4. The Labute approximate surface area is 252 Å². The maximum Gasteiger partial charge on any atom is 0.328 e. The quantitative estimate of drug-likeness (QED) is 0.295. The molecule has 2 aliphatic rings. The topological polar surface area (TPSA) is 77.9 Å². The van der Waals surface area contributed by atoms with Crippen LogP contribution in [0.4, 0.5) is 0 Å². The fraction of sp³-hybridized carbons (Fsp3) is 0.270. The Kier molecular flexibility index (Phi) is 8.10. The minimum atomic E-state index is -1.14. The first-order valence-corrected chi connectivity index (χ1v) is 15.0. The van der Waals surface area contributed by atoms with E-state index in [1.807, 2.05) is 127 Å². The molecule has 6 heteroatoms. The fourth-order valence-corrected chi connectivity index (χ4v) is 7.11. The molecule has 0 aromatic heterocycles. The zero-order chi connectivity index (χ0) is 29.9. The molecule has 6 rings (SSSR count). The van der Waals surface area contributed by atoms with Gasteiger partial charge in [-0.3, -0.25) is 9.59 Å². The third-order valence-corrected chi connectivity index (χ3v) is 9.08.